The molecule has 0 aliphatic carbocycles. The second-order valence-electron chi connectivity index (χ2n) is 8.24. The van der Waals surface area contributed by atoms with E-state index in [9.17, 15) is 9.59 Å². The molecule has 2 N–H and O–H groups in total. The first-order valence-corrected chi connectivity index (χ1v) is 11.4. The van der Waals surface area contributed by atoms with Crippen LogP contribution in [0, 0.1) is 11.7 Å². The summed E-state index contributed by atoms with van der Waals surface area (Å²) in [6, 6.07) is 13.1. The van der Waals surface area contributed by atoms with Gasteiger partial charge in [0.05, 0.1) is 30.2 Å². The zero-order valence-electron chi connectivity index (χ0n) is 18.7. The first kappa shape index (κ1) is 23.1. The van der Waals surface area contributed by atoms with E-state index < -0.39 is 0 Å². The number of aryl methyl sites for hydroxylation is 1. The van der Waals surface area contributed by atoms with Gasteiger partial charge in [0.2, 0.25) is 0 Å². The Morgan fingerprint density at radius 1 is 1.24 bits per heavy atom. The third kappa shape index (κ3) is 5.30. The summed E-state index contributed by atoms with van der Waals surface area (Å²) in [4.78, 5) is 31.3. The molecule has 0 saturated carbocycles. The number of allylic oxidation sites excluding steroid dienone is 1. The van der Waals surface area contributed by atoms with Crippen LogP contribution in [0.2, 0.25) is 0 Å². The van der Waals surface area contributed by atoms with Gasteiger partial charge in [-0.05, 0) is 42.9 Å². The number of benzene rings is 2. The molecule has 1 saturated heterocycles. The van der Waals surface area contributed by atoms with Crippen molar-refractivity contribution in [2.24, 2.45) is 0 Å². The SMILES string of the molecule is C=CCn1c(=S)[nH]c2cc(C(=O)N[C@@H](CN3CCOCC3)c3ccc(C)cc3)ccc2c1=O. The number of morpholine rings is 1. The summed E-state index contributed by atoms with van der Waals surface area (Å²) < 4.78 is 7.21. The third-order valence-electron chi connectivity index (χ3n) is 5.89. The first-order chi connectivity index (χ1) is 16.0. The number of carbonyl (C=O) groups is 1. The second-order valence-corrected chi connectivity index (χ2v) is 8.63. The van der Waals surface area contributed by atoms with Crippen LogP contribution in [0.1, 0.15) is 27.5 Å². The molecule has 172 valence electrons. The van der Waals surface area contributed by atoms with Gasteiger partial charge in [-0.2, -0.15) is 0 Å². The third-order valence-corrected chi connectivity index (χ3v) is 6.21. The summed E-state index contributed by atoms with van der Waals surface area (Å²) in [5, 5.41) is 3.66. The zero-order chi connectivity index (χ0) is 23.4. The fraction of sp³-hybridized carbons (Fsp3) is 0.320. The van der Waals surface area contributed by atoms with E-state index in [-0.39, 0.29) is 17.5 Å². The fourth-order valence-corrected chi connectivity index (χ4v) is 4.27. The van der Waals surface area contributed by atoms with Crippen molar-refractivity contribution in [3.05, 3.63) is 86.9 Å². The highest BCUT2D eigenvalue weighted by atomic mass is 32.1. The molecule has 1 fully saturated rings. The first-order valence-electron chi connectivity index (χ1n) is 11.0. The minimum Gasteiger partial charge on any atom is -0.379 e. The second kappa shape index (κ2) is 10.2. The number of hydrogen-bond donors (Lipinski definition) is 2. The van der Waals surface area contributed by atoms with Crippen LogP contribution >= 0.6 is 12.2 Å². The Bertz CT molecular complexity index is 1270. The molecule has 2 aromatic carbocycles. The molecule has 7 nitrogen and oxygen atoms in total. The molecular formula is C25H28N4O3S. The summed E-state index contributed by atoms with van der Waals surface area (Å²) in [6.45, 7) is 9.80. The summed E-state index contributed by atoms with van der Waals surface area (Å²) >= 11 is 5.32. The lowest BCUT2D eigenvalue weighted by atomic mass is 10.0. The van der Waals surface area contributed by atoms with E-state index in [1.807, 2.05) is 6.92 Å². The van der Waals surface area contributed by atoms with Crippen molar-refractivity contribution in [1.29, 1.82) is 0 Å². The van der Waals surface area contributed by atoms with Gasteiger partial charge in [0.15, 0.2) is 4.77 Å². The molecule has 1 amide bonds. The number of aromatic nitrogens is 2. The van der Waals surface area contributed by atoms with Crippen LogP contribution < -0.4 is 10.9 Å². The van der Waals surface area contributed by atoms with Crippen LogP contribution in [-0.4, -0.2) is 53.2 Å². The minimum atomic E-state index is -0.203. The number of fused-ring (bicyclic) bond motifs is 1. The van der Waals surface area contributed by atoms with E-state index in [1.165, 1.54) is 10.1 Å². The van der Waals surface area contributed by atoms with Crippen molar-refractivity contribution in [2.75, 3.05) is 32.8 Å². The zero-order valence-corrected chi connectivity index (χ0v) is 19.5. The molecule has 4 rings (SSSR count). The predicted molar refractivity (Wildman–Crippen MR) is 132 cm³/mol. The summed E-state index contributed by atoms with van der Waals surface area (Å²) in [5.74, 6) is -0.203. The number of amides is 1. The molecule has 2 heterocycles. The Hall–Kier alpha value is -3.07. The molecule has 0 bridgehead atoms. The van der Waals surface area contributed by atoms with E-state index in [1.54, 1.807) is 24.3 Å². The van der Waals surface area contributed by atoms with E-state index >= 15 is 0 Å². The molecule has 1 atom stereocenters. The highest BCUT2D eigenvalue weighted by Gasteiger charge is 2.21. The maximum absolute atomic E-state index is 13.2. The molecule has 1 aliphatic rings. The molecule has 1 aromatic heterocycles. The van der Waals surface area contributed by atoms with Crippen molar-refractivity contribution in [3.8, 4) is 0 Å². The lowest BCUT2D eigenvalue weighted by Gasteiger charge is -2.31. The smallest absolute Gasteiger partial charge is 0.262 e. The Labute approximate surface area is 197 Å². The van der Waals surface area contributed by atoms with Crippen molar-refractivity contribution in [1.82, 2.24) is 19.8 Å². The average Bonchev–Trinajstić information content (AvgIpc) is 2.82. The van der Waals surface area contributed by atoms with Gasteiger partial charge in [-0.1, -0.05) is 35.9 Å². The average molecular weight is 465 g/mol. The molecule has 33 heavy (non-hydrogen) atoms. The van der Waals surface area contributed by atoms with E-state index in [2.05, 4.69) is 46.0 Å². The lowest BCUT2D eigenvalue weighted by Crippen LogP contribution is -2.43. The van der Waals surface area contributed by atoms with Gasteiger partial charge >= 0.3 is 0 Å². The van der Waals surface area contributed by atoms with Gasteiger partial charge in [0.25, 0.3) is 11.5 Å². The minimum absolute atomic E-state index is 0.175. The lowest BCUT2D eigenvalue weighted by molar-refractivity contribution is 0.0332. The number of rotatable bonds is 7. The predicted octanol–water partition coefficient (Wildman–Crippen LogP) is 3.36. The molecule has 8 heteroatoms. The summed E-state index contributed by atoms with van der Waals surface area (Å²) in [5.41, 5.74) is 3.02. The number of ether oxygens (including phenoxy) is 1. The Morgan fingerprint density at radius 2 is 1.97 bits per heavy atom. The molecular weight excluding hydrogens is 436 g/mol. The van der Waals surface area contributed by atoms with Gasteiger partial charge in [0.1, 0.15) is 0 Å². The number of aromatic amines is 1. The summed E-state index contributed by atoms with van der Waals surface area (Å²) in [6.07, 6.45) is 1.62. The van der Waals surface area contributed by atoms with E-state index in [0.717, 1.165) is 18.7 Å². The van der Waals surface area contributed by atoms with E-state index in [4.69, 9.17) is 17.0 Å². The van der Waals surface area contributed by atoms with E-state index in [0.29, 0.717) is 47.5 Å². The van der Waals surface area contributed by atoms with Crippen LogP contribution in [0.4, 0.5) is 0 Å². The number of nitrogens with zero attached hydrogens (tertiary/aromatic N) is 2. The normalized spacial score (nSPS) is 15.3. The van der Waals surface area contributed by atoms with Crippen LogP contribution in [-0.2, 0) is 11.3 Å². The largest absolute Gasteiger partial charge is 0.379 e. The highest BCUT2D eigenvalue weighted by Crippen LogP contribution is 2.18. The van der Waals surface area contributed by atoms with Gasteiger partial charge in [0, 0.05) is 31.7 Å². The van der Waals surface area contributed by atoms with Gasteiger partial charge in [-0.15, -0.1) is 6.58 Å². The standard InChI is InChI=1S/C25H28N4O3S/c1-3-10-29-24(31)20-9-8-19(15-21(20)27-25(29)33)23(30)26-22(16-28-11-13-32-14-12-28)18-6-4-17(2)5-7-18/h3-9,15,22H,1,10-14,16H2,2H3,(H,26,30)(H,27,33)/t22-/m0/s1. The van der Waals surface area contributed by atoms with Crippen molar-refractivity contribution in [3.63, 3.8) is 0 Å². The van der Waals surface area contributed by atoms with Crippen molar-refractivity contribution in [2.45, 2.75) is 19.5 Å². The molecule has 3 aromatic rings. The number of H-pyrrole nitrogens is 1. The molecule has 0 unspecified atom stereocenters. The molecule has 0 radical (unpaired) electrons. The maximum Gasteiger partial charge on any atom is 0.262 e. The fourth-order valence-electron chi connectivity index (χ4n) is 4.01. The Balaban J connectivity index is 1.61. The number of nitrogens with one attached hydrogen (secondary N) is 2. The Morgan fingerprint density at radius 3 is 2.67 bits per heavy atom. The molecule has 1 aliphatic heterocycles. The van der Waals surface area contributed by atoms with Crippen molar-refractivity contribution < 1.29 is 9.53 Å². The summed E-state index contributed by atoms with van der Waals surface area (Å²) in [7, 11) is 0. The van der Waals surface area contributed by atoms with Gasteiger partial charge in [-0.25, -0.2) is 0 Å². The van der Waals surface area contributed by atoms with Crippen LogP contribution in [0.25, 0.3) is 10.9 Å². The van der Waals surface area contributed by atoms with Crippen LogP contribution in [0.3, 0.4) is 0 Å². The quantitative estimate of drug-likeness (QED) is 0.414. The highest BCUT2D eigenvalue weighted by molar-refractivity contribution is 7.71. The number of carbonyl (C=O) groups excluding carboxylic acids is 1. The van der Waals surface area contributed by atoms with Gasteiger partial charge < -0.3 is 15.0 Å². The van der Waals surface area contributed by atoms with Crippen LogP contribution in [0.5, 0.6) is 0 Å². The van der Waals surface area contributed by atoms with Crippen molar-refractivity contribution >= 4 is 29.0 Å². The number of hydrogen-bond acceptors (Lipinski definition) is 5. The monoisotopic (exact) mass is 464 g/mol. The van der Waals surface area contributed by atoms with Gasteiger partial charge in [-0.3, -0.25) is 19.1 Å². The topological polar surface area (TPSA) is 79.4 Å². The molecule has 0 spiro atoms. The maximum atomic E-state index is 13.2. The Kier molecular flexibility index (Phi) is 7.17. The van der Waals surface area contributed by atoms with Crippen LogP contribution in [0.15, 0.2) is 59.9 Å².